The van der Waals surface area contributed by atoms with E-state index in [9.17, 15) is 13.2 Å². The molecule has 0 aromatic heterocycles. The normalized spacial score (nSPS) is 11.0. The van der Waals surface area contributed by atoms with Crippen molar-refractivity contribution in [3.05, 3.63) is 0 Å². The average Bonchev–Trinajstić information content (AvgIpc) is 2.08. The second-order valence-corrected chi connectivity index (χ2v) is 4.32. The molecule has 0 unspecified atom stereocenters. The lowest BCUT2D eigenvalue weighted by Crippen LogP contribution is -2.38. The van der Waals surface area contributed by atoms with Gasteiger partial charge in [0.1, 0.15) is 5.88 Å². The Bertz CT molecular complexity index is 263. The quantitative estimate of drug-likeness (QED) is 0.447. The van der Waals surface area contributed by atoms with E-state index >= 15 is 0 Å². The van der Waals surface area contributed by atoms with E-state index in [4.69, 9.17) is 4.55 Å². The number of amides is 2. The van der Waals surface area contributed by atoms with Gasteiger partial charge in [-0.25, -0.2) is 4.79 Å². The van der Waals surface area contributed by atoms with Crippen molar-refractivity contribution in [2.45, 2.75) is 26.2 Å². The van der Waals surface area contributed by atoms with E-state index < -0.39 is 22.0 Å². The van der Waals surface area contributed by atoms with Crippen LogP contribution < -0.4 is 10.6 Å². The van der Waals surface area contributed by atoms with Gasteiger partial charge in [0, 0.05) is 6.54 Å². The molecule has 6 nitrogen and oxygen atoms in total. The van der Waals surface area contributed by atoms with Crippen LogP contribution in [0.15, 0.2) is 0 Å². The molecule has 0 saturated heterocycles. The maximum Gasteiger partial charge on any atom is 0.315 e. The van der Waals surface area contributed by atoms with Crippen molar-refractivity contribution < 1.29 is 17.8 Å². The number of rotatable bonds is 6. The molecule has 0 bridgehead atoms. The first-order valence-electron chi connectivity index (χ1n) is 4.42. The fourth-order valence-electron chi connectivity index (χ4n) is 0.796. The summed E-state index contributed by atoms with van der Waals surface area (Å²) < 4.78 is 28.8. The van der Waals surface area contributed by atoms with Gasteiger partial charge >= 0.3 is 6.03 Å². The molecular formula is C7H16N2O4S. The van der Waals surface area contributed by atoms with E-state index in [1.165, 1.54) is 0 Å². The van der Waals surface area contributed by atoms with Crippen molar-refractivity contribution in [1.29, 1.82) is 0 Å². The summed E-state index contributed by atoms with van der Waals surface area (Å²) in [7, 11) is -4.13. The van der Waals surface area contributed by atoms with E-state index in [1.807, 2.05) is 12.2 Å². The molecule has 0 aromatic carbocycles. The Labute approximate surface area is 83.8 Å². The van der Waals surface area contributed by atoms with Crippen LogP contribution >= 0.6 is 0 Å². The largest absolute Gasteiger partial charge is 0.338 e. The van der Waals surface area contributed by atoms with E-state index in [0.717, 1.165) is 19.3 Å². The van der Waals surface area contributed by atoms with Crippen molar-refractivity contribution in [3.8, 4) is 0 Å². The van der Waals surface area contributed by atoms with Gasteiger partial charge in [-0.05, 0) is 6.42 Å². The first-order valence-corrected chi connectivity index (χ1v) is 6.03. The summed E-state index contributed by atoms with van der Waals surface area (Å²) in [6, 6.07) is -0.585. The monoisotopic (exact) mass is 224 g/mol. The third-order valence-corrected chi connectivity index (χ3v) is 1.99. The highest BCUT2D eigenvalue weighted by Gasteiger charge is 2.06. The summed E-state index contributed by atoms with van der Waals surface area (Å²) in [6.07, 6.45) is 2.92. The lowest BCUT2D eigenvalue weighted by atomic mass is 10.2. The fraction of sp³-hybridized carbons (Fsp3) is 0.857. The van der Waals surface area contributed by atoms with E-state index in [1.54, 1.807) is 0 Å². The van der Waals surface area contributed by atoms with Gasteiger partial charge in [0.05, 0.1) is 0 Å². The molecule has 0 aliphatic carbocycles. The zero-order valence-electron chi connectivity index (χ0n) is 8.12. The molecule has 3 N–H and O–H groups in total. The minimum absolute atomic E-state index is 0.505. The summed E-state index contributed by atoms with van der Waals surface area (Å²) >= 11 is 0. The highest BCUT2D eigenvalue weighted by Crippen LogP contribution is 1.90. The molecule has 0 rings (SSSR count). The number of urea groups is 1. The van der Waals surface area contributed by atoms with Crippen LogP contribution in [-0.4, -0.2) is 31.4 Å². The highest BCUT2D eigenvalue weighted by atomic mass is 32.2. The van der Waals surface area contributed by atoms with Crippen LogP contribution in [0.4, 0.5) is 4.79 Å². The zero-order valence-corrected chi connectivity index (χ0v) is 8.93. The van der Waals surface area contributed by atoms with Crippen molar-refractivity contribution in [1.82, 2.24) is 10.6 Å². The van der Waals surface area contributed by atoms with Crippen LogP contribution in [0.5, 0.6) is 0 Å². The second-order valence-electron chi connectivity index (χ2n) is 2.87. The second kappa shape index (κ2) is 6.61. The Morgan fingerprint density at radius 1 is 1.29 bits per heavy atom. The summed E-state index contributed by atoms with van der Waals surface area (Å²) in [5.74, 6) is -0.757. The first kappa shape index (κ1) is 13.2. The third kappa shape index (κ3) is 9.27. The van der Waals surface area contributed by atoms with Gasteiger partial charge in [0.15, 0.2) is 0 Å². The Balaban J connectivity index is 3.47. The molecule has 0 fully saturated rings. The summed E-state index contributed by atoms with van der Waals surface area (Å²) in [6.45, 7) is 2.55. The first-order chi connectivity index (χ1) is 6.45. The number of hydrogen-bond acceptors (Lipinski definition) is 3. The number of carbonyl (C=O) groups is 1. The number of carbonyl (C=O) groups excluding carboxylic acids is 1. The molecule has 84 valence electrons. The molecule has 0 spiro atoms. The van der Waals surface area contributed by atoms with Crippen LogP contribution in [0.25, 0.3) is 0 Å². The minimum Gasteiger partial charge on any atom is -0.338 e. The van der Waals surface area contributed by atoms with Gasteiger partial charge in [-0.2, -0.15) is 8.42 Å². The summed E-state index contributed by atoms with van der Waals surface area (Å²) in [5, 5.41) is 4.48. The third-order valence-electron chi connectivity index (χ3n) is 1.48. The van der Waals surface area contributed by atoms with Gasteiger partial charge in [0.25, 0.3) is 10.1 Å². The van der Waals surface area contributed by atoms with Crippen LogP contribution in [0.3, 0.4) is 0 Å². The van der Waals surface area contributed by atoms with Gasteiger partial charge in [-0.3, -0.25) is 4.55 Å². The molecule has 0 aromatic rings. The number of nitrogens with one attached hydrogen (secondary N) is 2. The van der Waals surface area contributed by atoms with Crippen LogP contribution in [0.2, 0.25) is 0 Å². The standard InChI is InChI=1S/C7H16N2O4S/c1-2-3-4-5-8-7(10)9-6-14(11,12)13/h2-6H2,1H3,(H2,8,9,10)(H,11,12,13). The Morgan fingerprint density at radius 3 is 2.43 bits per heavy atom. The maximum atomic E-state index is 10.9. The zero-order chi connectivity index (χ0) is 11.0. The average molecular weight is 224 g/mol. The molecule has 0 radical (unpaired) electrons. The van der Waals surface area contributed by atoms with Crippen molar-refractivity contribution in [3.63, 3.8) is 0 Å². The number of unbranched alkanes of at least 4 members (excludes halogenated alkanes) is 2. The number of hydrogen-bond donors (Lipinski definition) is 3. The maximum absolute atomic E-state index is 10.9. The highest BCUT2D eigenvalue weighted by molar-refractivity contribution is 7.85. The molecule has 0 atom stereocenters. The van der Waals surface area contributed by atoms with Crippen molar-refractivity contribution >= 4 is 16.1 Å². The summed E-state index contributed by atoms with van der Waals surface area (Å²) in [5.41, 5.74) is 0. The minimum atomic E-state index is -4.13. The topological polar surface area (TPSA) is 95.5 Å². The van der Waals surface area contributed by atoms with Crippen LogP contribution in [-0.2, 0) is 10.1 Å². The SMILES string of the molecule is CCCCCNC(=O)NCS(=O)(=O)O. The lowest BCUT2D eigenvalue weighted by Gasteiger charge is -2.05. The molecule has 0 aliphatic rings. The molecule has 14 heavy (non-hydrogen) atoms. The molecule has 2 amide bonds. The smallest absolute Gasteiger partial charge is 0.315 e. The van der Waals surface area contributed by atoms with Gasteiger partial charge < -0.3 is 10.6 Å². The summed E-state index contributed by atoms with van der Waals surface area (Å²) in [4.78, 5) is 10.9. The Morgan fingerprint density at radius 2 is 1.93 bits per heavy atom. The molecule has 0 heterocycles. The van der Waals surface area contributed by atoms with E-state index in [0.29, 0.717) is 6.54 Å². The molecular weight excluding hydrogens is 208 g/mol. The van der Waals surface area contributed by atoms with Gasteiger partial charge in [-0.15, -0.1) is 0 Å². The Kier molecular flexibility index (Phi) is 6.22. The van der Waals surface area contributed by atoms with E-state index in [2.05, 4.69) is 5.32 Å². The van der Waals surface area contributed by atoms with Crippen molar-refractivity contribution in [2.24, 2.45) is 0 Å². The fourth-order valence-corrected chi connectivity index (χ4v) is 1.11. The molecule has 7 heteroatoms. The van der Waals surface area contributed by atoms with E-state index in [-0.39, 0.29) is 0 Å². The van der Waals surface area contributed by atoms with Crippen molar-refractivity contribution in [2.75, 3.05) is 12.4 Å². The van der Waals surface area contributed by atoms with Gasteiger partial charge in [-0.1, -0.05) is 19.8 Å². The van der Waals surface area contributed by atoms with Gasteiger partial charge in [0.2, 0.25) is 0 Å². The van der Waals surface area contributed by atoms with Crippen LogP contribution in [0, 0.1) is 0 Å². The van der Waals surface area contributed by atoms with Crippen LogP contribution in [0.1, 0.15) is 26.2 Å². The Hall–Kier alpha value is -0.820. The predicted molar refractivity (Wildman–Crippen MR) is 52.5 cm³/mol. The molecule has 0 saturated carbocycles. The lowest BCUT2D eigenvalue weighted by molar-refractivity contribution is 0.241. The molecule has 0 aliphatic heterocycles. The predicted octanol–water partition coefficient (Wildman–Crippen LogP) is 0.321.